The van der Waals surface area contributed by atoms with Crippen LogP contribution in [-0.4, -0.2) is 17.4 Å². The van der Waals surface area contributed by atoms with E-state index in [0.29, 0.717) is 16.9 Å². The highest BCUT2D eigenvalue weighted by atomic mass is 79.9. The van der Waals surface area contributed by atoms with Crippen LogP contribution in [0.4, 0.5) is 0 Å². The van der Waals surface area contributed by atoms with Crippen LogP contribution in [0.2, 0.25) is 0 Å². The van der Waals surface area contributed by atoms with Crippen LogP contribution in [0.15, 0.2) is 10.7 Å². The minimum Gasteiger partial charge on any atom is -0.490 e. The van der Waals surface area contributed by atoms with Gasteiger partial charge in [0.2, 0.25) is 0 Å². The third kappa shape index (κ3) is 1.65. The summed E-state index contributed by atoms with van der Waals surface area (Å²) < 4.78 is 6.28. The molecule has 0 aliphatic carbocycles. The van der Waals surface area contributed by atoms with Gasteiger partial charge in [-0.25, -0.2) is 4.98 Å². The third-order valence-corrected chi connectivity index (χ3v) is 3.80. The number of carbonyl (C=O) groups excluding carboxylic acids is 1. The van der Waals surface area contributed by atoms with E-state index in [1.165, 1.54) is 6.92 Å². The molecule has 0 saturated carbocycles. The first-order valence-corrected chi connectivity index (χ1v) is 6.12. The summed E-state index contributed by atoms with van der Waals surface area (Å²) in [6.07, 6.45) is 0.980. The van der Waals surface area contributed by atoms with Gasteiger partial charge < -0.3 is 4.74 Å². The van der Waals surface area contributed by atoms with Crippen molar-refractivity contribution < 1.29 is 9.53 Å². The number of ether oxygens (including phenoxy) is 1. The molecular formula is C12H14BrNO2. The Balaban J connectivity index is 2.61. The van der Waals surface area contributed by atoms with Crippen LogP contribution in [0.1, 0.15) is 43.2 Å². The number of halogens is 1. The second-order valence-corrected chi connectivity index (χ2v) is 5.19. The number of Topliss-reactive ketones (excluding diaryl/α,β-unsaturated/α-hetero) is 1. The minimum atomic E-state index is -0.0196. The third-order valence-electron chi connectivity index (χ3n) is 3.26. The number of fused-ring (bicyclic) bond motifs is 1. The molecule has 0 saturated heterocycles. The molecule has 2 heterocycles. The zero-order valence-electron chi connectivity index (χ0n) is 9.63. The molecule has 1 aromatic heterocycles. The SMILES string of the molecule is CC[C@@]1(C)COc2c1cc(C(C)=O)nc2Br. The summed E-state index contributed by atoms with van der Waals surface area (Å²) in [5.74, 6) is 0.767. The molecule has 1 aromatic rings. The van der Waals surface area contributed by atoms with Crippen molar-refractivity contribution in [3.8, 4) is 5.75 Å². The van der Waals surface area contributed by atoms with E-state index in [1.807, 2.05) is 6.07 Å². The van der Waals surface area contributed by atoms with Gasteiger partial charge in [0.15, 0.2) is 11.5 Å². The lowest BCUT2D eigenvalue weighted by Crippen LogP contribution is -2.22. The monoisotopic (exact) mass is 283 g/mol. The van der Waals surface area contributed by atoms with Crippen LogP contribution in [0.25, 0.3) is 0 Å². The molecule has 0 radical (unpaired) electrons. The van der Waals surface area contributed by atoms with Gasteiger partial charge in [-0.3, -0.25) is 4.79 Å². The first-order valence-electron chi connectivity index (χ1n) is 5.32. The number of pyridine rings is 1. The van der Waals surface area contributed by atoms with Crippen LogP contribution in [0.3, 0.4) is 0 Å². The van der Waals surface area contributed by atoms with E-state index in [0.717, 1.165) is 17.7 Å². The molecule has 4 heteroatoms. The highest BCUT2D eigenvalue weighted by Crippen LogP contribution is 2.44. The molecule has 1 aliphatic rings. The van der Waals surface area contributed by atoms with Crippen molar-refractivity contribution in [1.29, 1.82) is 0 Å². The number of hydrogen-bond acceptors (Lipinski definition) is 3. The lowest BCUT2D eigenvalue weighted by molar-refractivity contribution is 0.101. The van der Waals surface area contributed by atoms with Crippen LogP contribution >= 0.6 is 15.9 Å². The average Bonchev–Trinajstić information content (AvgIpc) is 2.58. The fourth-order valence-corrected chi connectivity index (χ4v) is 2.39. The summed E-state index contributed by atoms with van der Waals surface area (Å²) in [6, 6.07) is 1.86. The molecular weight excluding hydrogens is 270 g/mol. The largest absolute Gasteiger partial charge is 0.490 e. The van der Waals surface area contributed by atoms with Crippen molar-refractivity contribution in [2.75, 3.05) is 6.61 Å². The van der Waals surface area contributed by atoms with Gasteiger partial charge in [-0.2, -0.15) is 0 Å². The summed E-state index contributed by atoms with van der Waals surface area (Å²) in [5.41, 5.74) is 1.57. The maximum absolute atomic E-state index is 11.4. The van der Waals surface area contributed by atoms with E-state index in [9.17, 15) is 4.79 Å². The van der Waals surface area contributed by atoms with Gasteiger partial charge in [-0.05, 0) is 28.4 Å². The normalized spacial score (nSPS) is 22.8. The Morgan fingerprint density at radius 2 is 2.38 bits per heavy atom. The predicted molar refractivity (Wildman–Crippen MR) is 65.1 cm³/mol. The van der Waals surface area contributed by atoms with E-state index in [2.05, 4.69) is 34.8 Å². The van der Waals surface area contributed by atoms with E-state index in [4.69, 9.17) is 4.74 Å². The molecule has 3 nitrogen and oxygen atoms in total. The zero-order chi connectivity index (χ0) is 11.9. The van der Waals surface area contributed by atoms with E-state index in [-0.39, 0.29) is 11.2 Å². The van der Waals surface area contributed by atoms with Gasteiger partial charge in [-0.1, -0.05) is 13.8 Å². The quantitative estimate of drug-likeness (QED) is 0.618. The second kappa shape index (κ2) is 3.84. The van der Waals surface area contributed by atoms with Crippen LogP contribution < -0.4 is 4.74 Å². The Kier molecular flexibility index (Phi) is 2.78. The molecule has 1 atom stereocenters. The number of aromatic nitrogens is 1. The van der Waals surface area contributed by atoms with E-state index in [1.54, 1.807) is 0 Å². The molecule has 0 aromatic carbocycles. The van der Waals surface area contributed by atoms with Crippen molar-refractivity contribution in [2.45, 2.75) is 32.6 Å². The van der Waals surface area contributed by atoms with Gasteiger partial charge in [0.1, 0.15) is 10.3 Å². The zero-order valence-corrected chi connectivity index (χ0v) is 11.2. The van der Waals surface area contributed by atoms with Crippen LogP contribution in [0.5, 0.6) is 5.75 Å². The smallest absolute Gasteiger partial charge is 0.178 e. The van der Waals surface area contributed by atoms with Crippen molar-refractivity contribution in [1.82, 2.24) is 4.98 Å². The summed E-state index contributed by atoms with van der Waals surface area (Å²) in [7, 11) is 0. The summed E-state index contributed by atoms with van der Waals surface area (Å²) >= 11 is 3.36. The van der Waals surface area contributed by atoms with Crippen molar-refractivity contribution in [2.24, 2.45) is 0 Å². The Morgan fingerprint density at radius 1 is 1.69 bits per heavy atom. The van der Waals surface area contributed by atoms with Crippen molar-refractivity contribution >= 4 is 21.7 Å². The Hall–Kier alpha value is -0.900. The van der Waals surface area contributed by atoms with Crippen LogP contribution in [-0.2, 0) is 5.41 Å². The summed E-state index contributed by atoms with van der Waals surface area (Å²) in [5, 5.41) is 0. The Bertz CT molecular complexity index is 459. The Morgan fingerprint density at radius 3 is 2.94 bits per heavy atom. The van der Waals surface area contributed by atoms with Crippen molar-refractivity contribution in [3.63, 3.8) is 0 Å². The molecule has 0 fully saturated rings. The maximum atomic E-state index is 11.4. The molecule has 0 bridgehead atoms. The number of nitrogens with zero attached hydrogens (tertiary/aromatic N) is 1. The lowest BCUT2D eigenvalue weighted by Gasteiger charge is -2.20. The van der Waals surface area contributed by atoms with E-state index < -0.39 is 0 Å². The van der Waals surface area contributed by atoms with Crippen molar-refractivity contribution in [3.05, 3.63) is 21.9 Å². The van der Waals surface area contributed by atoms with Gasteiger partial charge in [0, 0.05) is 17.9 Å². The molecule has 0 N–H and O–H groups in total. The second-order valence-electron chi connectivity index (χ2n) is 4.43. The molecule has 2 rings (SSSR count). The highest BCUT2D eigenvalue weighted by Gasteiger charge is 2.37. The predicted octanol–water partition coefficient (Wildman–Crippen LogP) is 3.11. The molecule has 0 spiro atoms. The first-order chi connectivity index (χ1) is 7.48. The van der Waals surface area contributed by atoms with Gasteiger partial charge in [0.05, 0.1) is 6.61 Å². The molecule has 0 unspecified atom stereocenters. The Labute approximate surface area is 103 Å². The van der Waals surface area contributed by atoms with Gasteiger partial charge in [-0.15, -0.1) is 0 Å². The van der Waals surface area contributed by atoms with E-state index >= 15 is 0 Å². The topological polar surface area (TPSA) is 39.2 Å². The number of ketones is 1. The van der Waals surface area contributed by atoms with Gasteiger partial charge >= 0.3 is 0 Å². The molecule has 86 valence electrons. The van der Waals surface area contributed by atoms with Crippen LogP contribution in [0, 0.1) is 0 Å². The summed E-state index contributed by atoms with van der Waals surface area (Å²) in [6.45, 7) is 6.45. The molecule has 16 heavy (non-hydrogen) atoms. The number of hydrogen-bond donors (Lipinski definition) is 0. The number of carbonyl (C=O) groups is 1. The molecule has 0 amide bonds. The fourth-order valence-electron chi connectivity index (χ4n) is 1.87. The van der Waals surface area contributed by atoms with Gasteiger partial charge in [0.25, 0.3) is 0 Å². The minimum absolute atomic E-state index is 0.00894. The molecule has 1 aliphatic heterocycles. The lowest BCUT2D eigenvalue weighted by atomic mass is 9.82. The fraction of sp³-hybridized carbons (Fsp3) is 0.500. The standard InChI is InChI=1S/C12H14BrNO2/c1-4-12(3)6-16-10-8(12)5-9(7(2)15)14-11(10)13/h5H,4,6H2,1-3H3/t12-/m0/s1. The number of rotatable bonds is 2. The summed E-state index contributed by atoms with van der Waals surface area (Å²) in [4.78, 5) is 15.6. The maximum Gasteiger partial charge on any atom is 0.178 e. The first kappa shape index (κ1) is 11.6. The highest BCUT2D eigenvalue weighted by molar-refractivity contribution is 9.10. The average molecular weight is 284 g/mol.